The first-order valence-electron chi connectivity index (χ1n) is 22.3. The Labute approximate surface area is 374 Å². The van der Waals surface area contributed by atoms with Crippen molar-refractivity contribution in [1.29, 1.82) is 0 Å². The highest BCUT2D eigenvalue weighted by molar-refractivity contribution is 7.26. The Hall–Kier alpha value is -6.74. The fraction of sp³-hybridized carbons (Fsp3) is 0.148. The predicted molar refractivity (Wildman–Crippen MR) is 271 cm³/mol. The minimum Gasteiger partial charge on any atom is -0.309 e. The van der Waals surface area contributed by atoms with Crippen molar-refractivity contribution in [2.75, 3.05) is 4.90 Å². The molecule has 0 unspecified atom stereocenters. The van der Waals surface area contributed by atoms with E-state index in [0.29, 0.717) is 0 Å². The maximum Gasteiger partial charge on any atom is 0.0726 e. The maximum absolute atomic E-state index is 2.56. The predicted octanol–water partition coefficient (Wildman–Crippen LogP) is 17.3. The van der Waals surface area contributed by atoms with E-state index in [0.717, 1.165) is 11.4 Å². The van der Waals surface area contributed by atoms with Crippen LogP contribution in [0.25, 0.3) is 64.3 Å². The minimum absolute atomic E-state index is 0.0151. The monoisotopic (exact) mass is 827 g/mol. The van der Waals surface area contributed by atoms with Gasteiger partial charge in [0.25, 0.3) is 0 Å². The van der Waals surface area contributed by atoms with Crippen LogP contribution in [0.4, 0.5) is 17.1 Å². The van der Waals surface area contributed by atoms with Gasteiger partial charge < -0.3 is 4.90 Å². The zero-order valence-corrected chi connectivity index (χ0v) is 37.6. The highest BCUT2D eigenvalue weighted by Gasteiger charge is 2.52. The van der Waals surface area contributed by atoms with Crippen LogP contribution in [0.5, 0.6) is 0 Å². The Morgan fingerprint density at radius 3 is 1.62 bits per heavy atom. The Morgan fingerprint density at radius 2 is 0.937 bits per heavy atom. The van der Waals surface area contributed by atoms with Crippen LogP contribution in [0, 0.1) is 0 Å². The van der Waals surface area contributed by atoms with Gasteiger partial charge in [-0.3, -0.25) is 0 Å². The first-order chi connectivity index (χ1) is 30.5. The van der Waals surface area contributed by atoms with Crippen LogP contribution >= 0.6 is 11.3 Å². The Balaban J connectivity index is 1.18. The summed E-state index contributed by atoms with van der Waals surface area (Å²) in [5.74, 6) is 0. The van der Waals surface area contributed by atoms with Gasteiger partial charge in [0.15, 0.2) is 0 Å². The largest absolute Gasteiger partial charge is 0.309 e. The van der Waals surface area contributed by atoms with Crippen LogP contribution in [0.3, 0.4) is 0 Å². The molecule has 1 nitrogen and oxygen atoms in total. The zero-order chi connectivity index (χ0) is 42.8. The lowest BCUT2D eigenvalue weighted by Crippen LogP contribution is -2.27. The van der Waals surface area contributed by atoms with Crippen LogP contribution in [-0.2, 0) is 16.2 Å². The molecule has 0 radical (unpaired) electrons. The number of rotatable bonds is 4. The van der Waals surface area contributed by atoms with Crippen molar-refractivity contribution >= 4 is 59.3 Å². The molecule has 63 heavy (non-hydrogen) atoms. The second-order valence-corrected chi connectivity index (χ2v) is 20.8. The lowest BCUT2D eigenvalue weighted by Gasteiger charge is -2.34. The lowest BCUT2D eigenvalue weighted by atomic mass is 9.68. The Kier molecular flexibility index (Phi) is 8.22. The van der Waals surface area contributed by atoms with Crippen molar-refractivity contribution in [3.63, 3.8) is 0 Å². The van der Waals surface area contributed by atoms with Crippen molar-refractivity contribution in [2.24, 2.45) is 0 Å². The summed E-state index contributed by atoms with van der Waals surface area (Å²) in [6.07, 6.45) is 0. The summed E-state index contributed by atoms with van der Waals surface area (Å²) < 4.78 is 2.60. The maximum atomic E-state index is 2.56. The fourth-order valence-electron chi connectivity index (χ4n) is 10.8. The van der Waals surface area contributed by atoms with E-state index in [-0.39, 0.29) is 10.8 Å². The number of hydrogen-bond acceptors (Lipinski definition) is 2. The average molecular weight is 828 g/mol. The fourth-order valence-corrected chi connectivity index (χ4v) is 12.1. The highest BCUT2D eigenvalue weighted by atomic mass is 32.1. The van der Waals surface area contributed by atoms with E-state index in [9.17, 15) is 0 Å². The van der Waals surface area contributed by atoms with E-state index < -0.39 is 5.41 Å². The third kappa shape index (κ3) is 5.60. The van der Waals surface area contributed by atoms with Crippen molar-refractivity contribution in [1.82, 2.24) is 0 Å². The molecule has 304 valence electrons. The first-order valence-corrected chi connectivity index (χ1v) is 23.2. The molecule has 0 bridgehead atoms. The summed E-state index contributed by atoms with van der Waals surface area (Å²) in [7, 11) is 0. The van der Waals surface area contributed by atoms with Gasteiger partial charge in [0.2, 0.25) is 0 Å². The topological polar surface area (TPSA) is 3.24 Å². The molecule has 2 aliphatic rings. The molecule has 1 spiro atoms. The normalized spacial score (nSPS) is 13.7. The van der Waals surface area contributed by atoms with Crippen molar-refractivity contribution < 1.29 is 0 Å². The molecule has 2 aliphatic carbocycles. The number of thiophene rings is 1. The van der Waals surface area contributed by atoms with E-state index in [4.69, 9.17) is 0 Å². The van der Waals surface area contributed by atoms with Crippen LogP contribution in [0.2, 0.25) is 0 Å². The van der Waals surface area contributed by atoms with Gasteiger partial charge in [-0.15, -0.1) is 11.3 Å². The number of anilines is 3. The quantitative estimate of drug-likeness (QED) is 0.171. The molecule has 12 rings (SSSR count). The molecule has 0 N–H and O–H groups in total. The van der Waals surface area contributed by atoms with Crippen molar-refractivity contribution in [3.8, 4) is 33.4 Å². The van der Waals surface area contributed by atoms with Gasteiger partial charge in [0.1, 0.15) is 0 Å². The average Bonchev–Trinajstić information content (AvgIpc) is 3.93. The minimum atomic E-state index is -0.506. The summed E-state index contributed by atoms with van der Waals surface area (Å²) in [5.41, 5.74) is 18.8. The van der Waals surface area contributed by atoms with Gasteiger partial charge in [0.05, 0.1) is 15.8 Å². The summed E-state index contributed by atoms with van der Waals surface area (Å²) in [5, 5.41) is 5.16. The molecule has 10 aromatic rings. The SMILES string of the molecule is CC(C)(C)c1ccc2c(c1)C1(c3ccccc3-c3ccc(N(c4ccc(-c5ccccc5)cc4)c4cc5ccccc5c5c4sc4ccccc45)cc31)c1cc(C(C)(C)C)ccc1-2. The molecule has 0 saturated heterocycles. The third-order valence-electron chi connectivity index (χ3n) is 14.0. The number of nitrogens with zero attached hydrogens (tertiary/aromatic N) is 1. The van der Waals surface area contributed by atoms with Crippen LogP contribution < -0.4 is 4.90 Å². The molecule has 1 heterocycles. The molecular weight excluding hydrogens is 779 g/mol. The highest BCUT2D eigenvalue weighted by Crippen LogP contribution is 2.64. The van der Waals surface area contributed by atoms with Gasteiger partial charge in [0, 0.05) is 26.8 Å². The summed E-state index contributed by atoms with van der Waals surface area (Å²) in [6.45, 7) is 14.1. The second-order valence-electron chi connectivity index (χ2n) is 19.7. The Bertz CT molecular complexity index is 3400. The molecule has 0 atom stereocenters. The van der Waals surface area contributed by atoms with Crippen molar-refractivity contribution in [3.05, 3.63) is 221 Å². The van der Waals surface area contributed by atoms with E-state index in [1.807, 2.05) is 11.3 Å². The molecule has 1 aromatic heterocycles. The van der Waals surface area contributed by atoms with Gasteiger partial charge >= 0.3 is 0 Å². The molecule has 0 aliphatic heterocycles. The summed E-state index contributed by atoms with van der Waals surface area (Å²) in [4.78, 5) is 2.55. The van der Waals surface area contributed by atoms with Gasteiger partial charge in [-0.1, -0.05) is 193 Å². The molecular formula is C61H49NS. The van der Waals surface area contributed by atoms with Gasteiger partial charge in [-0.2, -0.15) is 0 Å². The van der Waals surface area contributed by atoms with E-state index >= 15 is 0 Å². The standard InChI is InChI=1S/C61H49NS/c1-59(2,3)41-26-31-47-48-32-27-42(60(4,5)6)36-53(48)61(52(47)35-41)51-22-14-12-20-46(51)49-33-30-44(37-54(49)61)62(43-28-24-39(25-29-43)38-16-8-7-9-17-38)55-34-40-18-10-11-19-45(40)57-50-21-13-15-23-56(50)63-58(55)57/h7-37H,1-6H3. The van der Waals surface area contributed by atoms with Crippen LogP contribution in [0.15, 0.2) is 188 Å². The smallest absolute Gasteiger partial charge is 0.0726 e. The summed E-state index contributed by atoms with van der Waals surface area (Å²) in [6, 6.07) is 71.5. The van der Waals surface area contributed by atoms with Gasteiger partial charge in [-0.05, 0) is 125 Å². The second kappa shape index (κ2) is 13.6. The van der Waals surface area contributed by atoms with Gasteiger partial charge in [-0.25, -0.2) is 0 Å². The van der Waals surface area contributed by atoms with Crippen LogP contribution in [0.1, 0.15) is 74.9 Å². The lowest BCUT2D eigenvalue weighted by molar-refractivity contribution is 0.586. The first kappa shape index (κ1) is 38.0. The molecule has 0 fully saturated rings. The molecule has 9 aromatic carbocycles. The summed E-state index contributed by atoms with van der Waals surface area (Å²) >= 11 is 1.90. The van der Waals surface area contributed by atoms with E-state index in [2.05, 4.69) is 234 Å². The zero-order valence-electron chi connectivity index (χ0n) is 36.8. The Morgan fingerprint density at radius 1 is 0.413 bits per heavy atom. The molecule has 2 heteroatoms. The van der Waals surface area contributed by atoms with Crippen LogP contribution in [-0.4, -0.2) is 0 Å². The van der Waals surface area contributed by atoms with Crippen molar-refractivity contribution in [2.45, 2.75) is 57.8 Å². The van der Waals surface area contributed by atoms with E-state index in [1.165, 1.54) is 103 Å². The molecule has 0 saturated carbocycles. The number of benzene rings is 9. The molecule has 0 amide bonds. The van der Waals surface area contributed by atoms with E-state index in [1.54, 1.807) is 0 Å². The third-order valence-corrected chi connectivity index (χ3v) is 15.2. The number of hydrogen-bond donors (Lipinski definition) is 0. The number of fused-ring (bicyclic) bond motifs is 15.